The normalized spacial score (nSPS) is 17.3. The molecule has 3 aliphatic heterocycles. The molecule has 9 rings (SSSR count). The number of fused-ring (bicyclic) bond motifs is 4. The summed E-state index contributed by atoms with van der Waals surface area (Å²) in [7, 11) is -4.73. The van der Waals surface area contributed by atoms with Crippen LogP contribution in [0.25, 0.3) is 21.9 Å². The fourth-order valence-corrected chi connectivity index (χ4v) is 19.0. The molecule has 4 aliphatic rings. The van der Waals surface area contributed by atoms with Crippen LogP contribution in [0.15, 0.2) is 102 Å². The van der Waals surface area contributed by atoms with E-state index in [0.29, 0.717) is 6.42 Å². The molecule has 25 N–H and O–H groups in total. The lowest BCUT2D eigenvalue weighted by Gasteiger charge is -2.32. The number of aromatic amines is 1. The Morgan fingerprint density at radius 2 is 1.01 bits per heavy atom. The van der Waals surface area contributed by atoms with Crippen molar-refractivity contribution < 1.29 is 110 Å². The van der Waals surface area contributed by atoms with E-state index in [1.807, 2.05) is 48.5 Å². The van der Waals surface area contributed by atoms with Crippen molar-refractivity contribution in [2.24, 2.45) is 34.8 Å². The summed E-state index contributed by atoms with van der Waals surface area (Å²) in [6, 6.07) is 4.10. The van der Waals surface area contributed by atoms with Crippen LogP contribution in [-0.2, 0) is 97.9 Å². The standard InChI is InChI=1S/C90H124N22O23S2/c1-48(2)39-63(78(119)100-59(23-9-10-34-91)77(118)107-67(44-113)79(120)101-60(25-13-35-97-89(94)95)76(117)105-65(42-74(93)115)86(127)112-38-16-28-71(112)83(124)106-66(88(130)131)40-49(3)4)103-82(123)70-27-14-36-110(70)84(125)61(30-32-73(92)114)102-81(122)69-26-15-37-111(69)85(126)64(41-50-43-96-47-98-50)104-80(121)68(46-136)109-137(133,134)72-29-12-21-55-56(72)22-11-24-58(55)99-75(116)33-31-62(87(128)129)108-90(132)135-45-57-53-19-7-5-17-51(53)52-18-6-8-20-54(52)57/h5-8,11-12,17-22,24,29,43,47-49,57,59-71,109,113,136H,9-10,13-16,23,25-28,30-42,44-46,91H2,1-4H3,(H2,92,114)(H2,93,115)(H,96,98)(H,99,116)(H,100,119)(H,101,120)(H,102,122)(H,103,123)(H,104,121)(H,105,117)(H,106,124)(H,107,118)(H,108,132)(H,128,129)(H,130,131)(H4,94,95,97)/t59-,60-,61-,62-,63-,64-,65-,66-,67-,68-,69-,70-,71-/m0/s1. The van der Waals surface area contributed by atoms with Crippen LogP contribution in [-0.4, -0.2) is 285 Å². The molecule has 0 unspecified atom stereocenters. The molecule has 15 amide bonds. The first-order valence-corrected chi connectivity index (χ1v) is 47.6. The number of unbranched alkanes of at least 4 members (excludes halogenated alkanes) is 1. The van der Waals surface area contributed by atoms with Gasteiger partial charge in [0.2, 0.25) is 92.7 Å². The Balaban J connectivity index is 0.827. The lowest BCUT2D eigenvalue weighted by atomic mass is 9.98. The highest BCUT2D eigenvalue weighted by atomic mass is 32.2. The number of sulfonamides is 1. The van der Waals surface area contributed by atoms with Gasteiger partial charge in [0, 0.05) is 79.8 Å². The third-order valence-corrected chi connectivity index (χ3v) is 25.8. The number of likely N-dealkylation sites (tertiary alicyclic amines) is 3. The second-order valence-corrected chi connectivity index (χ2v) is 37.1. The van der Waals surface area contributed by atoms with Crippen molar-refractivity contribution in [1.29, 1.82) is 5.41 Å². The van der Waals surface area contributed by atoms with E-state index in [1.165, 1.54) is 48.9 Å². The number of amides is 15. The smallest absolute Gasteiger partial charge is 0.407 e. The van der Waals surface area contributed by atoms with Gasteiger partial charge in [0.25, 0.3) is 0 Å². The third-order valence-electron chi connectivity index (χ3n) is 23.9. The van der Waals surface area contributed by atoms with Crippen molar-refractivity contribution in [3.8, 4) is 11.1 Å². The molecule has 3 fully saturated rings. The predicted octanol–water partition coefficient (Wildman–Crippen LogP) is -1.35. The molecule has 744 valence electrons. The van der Waals surface area contributed by atoms with Gasteiger partial charge in [-0.15, -0.1) is 0 Å². The number of carboxylic acid groups (broad SMARTS) is 2. The number of hydrogen-bond acceptors (Lipinski definition) is 25. The number of thiol groups is 1. The van der Waals surface area contributed by atoms with Crippen LogP contribution in [0.3, 0.4) is 0 Å². The van der Waals surface area contributed by atoms with E-state index in [2.05, 4.69) is 85.8 Å². The van der Waals surface area contributed by atoms with Gasteiger partial charge in [-0.3, -0.25) is 72.5 Å². The second-order valence-electron chi connectivity index (χ2n) is 35.0. The van der Waals surface area contributed by atoms with Crippen molar-refractivity contribution >= 4 is 146 Å². The van der Waals surface area contributed by atoms with Crippen LogP contribution in [0.2, 0.25) is 0 Å². The number of carboxylic acids is 2. The molecule has 4 aromatic carbocycles. The number of carbonyl (C=O) groups is 17. The zero-order valence-corrected chi connectivity index (χ0v) is 78.2. The molecule has 0 radical (unpaired) electrons. The second kappa shape index (κ2) is 51.0. The minimum absolute atomic E-state index is 0.000117. The highest BCUT2D eigenvalue weighted by Gasteiger charge is 2.46. The lowest BCUT2D eigenvalue weighted by molar-refractivity contribution is -0.145. The molecular formula is C90H124N22O23S2. The number of guanidine groups is 1. The average molecular weight is 1950 g/mol. The van der Waals surface area contributed by atoms with Gasteiger partial charge in [-0.2, -0.15) is 17.4 Å². The summed E-state index contributed by atoms with van der Waals surface area (Å²) in [5.41, 5.74) is 26.7. The van der Waals surface area contributed by atoms with E-state index in [9.17, 15) is 95.7 Å². The molecule has 1 aromatic heterocycles. The average Bonchev–Trinajstić information content (AvgIpc) is 1.58. The molecule has 1 aliphatic carbocycles. The number of H-pyrrole nitrogens is 1. The Hall–Kier alpha value is -13.4. The highest BCUT2D eigenvalue weighted by Crippen LogP contribution is 2.45. The zero-order chi connectivity index (χ0) is 100. The number of aliphatic carboxylic acids is 2. The maximum Gasteiger partial charge on any atom is 0.407 e. The monoisotopic (exact) mass is 1940 g/mol. The summed E-state index contributed by atoms with van der Waals surface area (Å²) in [5, 5.41) is 66.5. The van der Waals surface area contributed by atoms with Gasteiger partial charge in [-0.1, -0.05) is 100 Å². The van der Waals surface area contributed by atoms with Crippen molar-refractivity contribution in [3.05, 3.63) is 114 Å². The maximum absolute atomic E-state index is 15.1. The van der Waals surface area contributed by atoms with E-state index in [4.69, 9.17) is 33.1 Å². The number of aromatic nitrogens is 2. The van der Waals surface area contributed by atoms with Crippen LogP contribution in [0, 0.1) is 17.2 Å². The number of alkyl carbamates (subject to hydrolysis) is 1. The first-order chi connectivity index (χ1) is 65.2. The van der Waals surface area contributed by atoms with Gasteiger partial charge < -0.3 is 121 Å². The van der Waals surface area contributed by atoms with Crippen LogP contribution in [0.5, 0.6) is 0 Å². The van der Waals surface area contributed by atoms with Crippen LogP contribution in [0.4, 0.5) is 10.5 Å². The molecule has 45 nitrogen and oxygen atoms in total. The number of benzene rings is 4. The number of primary amides is 2. The fourth-order valence-electron chi connectivity index (χ4n) is 17.2. The largest absolute Gasteiger partial charge is 0.480 e. The minimum atomic E-state index is -4.73. The Kier molecular flexibility index (Phi) is 39.9. The predicted molar refractivity (Wildman–Crippen MR) is 499 cm³/mol. The SMILES string of the molecule is CC(C)C[C@H](NC(=O)[C@@H]1CCCN1C(=O)[C@H](CC(N)=O)NC(=O)[C@H](CCCNC(=N)N)NC(=O)[C@H](CO)NC(=O)[C@H](CCCCN)NC(=O)[C@H](CC(C)C)NC(=O)[C@@H]1CCCN1C(=O)[C@H](CCC(N)=O)NC(=O)[C@@H]1CCCN1C(=O)[C@H](Cc1c[nH]cn1)NC(=O)[C@H](CS)NS(=O)(=O)c1cccc2c(NC(=O)CC[C@H](NC(=O)OCC3c4ccccc4-c4ccccc43)C(=O)O)cccc12)C(=O)O. The van der Waals surface area contributed by atoms with Crippen molar-refractivity contribution in [2.75, 3.05) is 57.0 Å². The van der Waals surface area contributed by atoms with Gasteiger partial charge in [-0.25, -0.2) is 27.8 Å². The summed E-state index contributed by atoms with van der Waals surface area (Å²) >= 11 is 4.34. The number of rotatable bonds is 52. The van der Waals surface area contributed by atoms with Crippen molar-refractivity contribution in [3.63, 3.8) is 0 Å². The zero-order valence-electron chi connectivity index (χ0n) is 76.5. The molecule has 0 bridgehead atoms. The molecular weight excluding hydrogens is 1820 g/mol. The number of hydrogen-bond donors (Lipinski definition) is 22. The first-order valence-electron chi connectivity index (χ1n) is 45.5. The summed E-state index contributed by atoms with van der Waals surface area (Å²) in [5.74, 6) is -17.5. The van der Waals surface area contributed by atoms with Crippen molar-refractivity contribution in [2.45, 2.75) is 239 Å². The minimum Gasteiger partial charge on any atom is -0.480 e. The number of anilines is 1. The Morgan fingerprint density at radius 3 is 1.54 bits per heavy atom. The van der Waals surface area contributed by atoms with Gasteiger partial charge in [0.15, 0.2) is 5.96 Å². The van der Waals surface area contributed by atoms with E-state index in [1.54, 1.807) is 27.7 Å². The fraction of sp³-hybridized carbons (Fsp3) is 0.522. The molecule has 3 saturated heterocycles. The van der Waals surface area contributed by atoms with Crippen LogP contribution < -0.4 is 86.1 Å². The molecule has 47 heteroatoms. The van der Waals surface area contributed by atoms with E-state index >= 15 is 9.59 Å². The van der Waals surface area contributed by atoms with Gasteiger partial charge in [-0.05, 0) is 149 Å². The molecule has 0 spiro atoms. The quantitative estimate of drug-likeness (QED) is 0.00926. The lowest BCUT2D eigenvalue weighted by Crippen LogP contribution is -2.61. The van der Waals surface area contributed by atoms with E-state index < -0.39 is 233 Å². The maximum atomic E-state index is 15.1. The first kappa shape index (κ1) is 107. The van der Waals surface area contributed by atoms with Gasteiger partial charge in [0.1, 0.15) is 85.2 Å². The highest BCUT2D eigenvalue weighted by molar-refractivity contribution is 7.89. The summed E-state index contributed by atoms with van der Waals surface area (Å²) in [6.07, 6.45) is -0.128. The number of nitrogens with zero attached hydrogens (tertiary/aromatic N) is 4. The molecule has 5 aromatic rings. The molecule has 137 heavy (non-hydrogen) atoms. The number of carbonyl (C=O) groups excluding carboxylic acids is 15. The Bertz CT molecular complexity index is 5290. The molecule has 4 heterocycles. The molecule has 13 atom stereocenters. The van der Waals surface area contributed by atoms with E-state index in [0.717, 1.165) is 37.0 Å². The number of aliphatic hydroxyl groups is 1. The van der Waals surface area contributed by atoms with Crippen LogP contribution in [0.1, 0.15) is 166 Å². The number of aliphatic hydroxyl groups excluding tert-OH is 1. The third kappa shape index (κ3) is 30.0. The number of ether oxygens (including phenoxy) is 1. The van der Waals surface area contributed by atoms with E-state index in [-0.39, 0.29) is 174 Å². The molecule has 0 saturated carbocycles. The Morgan fingerprint density at radius 1 is 0.533 bits per heavy atom. The number of nitrogens with one attached hydrogen (secondary N) is 14. The number of imidazole rings is 1. The van der Waals surface area contributed by atoms with Crippen molar-refractivity contribution in [1.82, 2.24) is 82.6 Å². The Labute approximate surface area is 795 Å². The summed E-state index contributed by atoms with van der Waals surface area (Å²) < 4.78 is 37.1. The summed E-state index contributed by atoms with van der Waals surface area (Å²) in [4.78, 5) is 246. The summed E-state index contributed by atoms with van der Waals surface area (Å²) in [6.45, 7) is 5.66. The van der Waals surface area contributed by atoms with Crippen LogP contribution >= 0.6 is 12.6 Å². The topological polar surface area (TPSA) is 705 Å². The van der Waals surface area contributed by atoms with Gasteiger partial charge in [0.05, 0.1) is 29.9 Å². The van der Waals surface area contributed by atoms with Gasteiger partial charge >= 0.3 is 18.0 Å². The number of nitrogens with two attached hydrogens (primary N) is 4.